The van der Waals surface area contributed by atoms with E-state index in [1.807, 2.05) is 6.92 Å². The summed E-state index contributed by atoms with van der Waals surface area (Å²) in [7, 11) is -3.61. The average Bonchev–Trinajstić information content (AvgIpc) is 2.26. The maximum absolute atomic E-state index is 12.9. The molecule has 1 aromatic carbocycles. The van der Waals surface area contributed by atoms with Crippen molar-refractivity contribution in [3.63, 3.8) is 0 Å². The smallest absolute Gasteiger partial charge is 0.210 e. The van der Waals surface area contributed by atoms with Gasteiger partial charge in [0.2, 0.25) is 10.0 Å². The maximum atomic E-state index is 12.9. The largest absolute Gasteiger partial charge is 0.240 e. The fourth-order valence-electron chi connectivity index (χ4n) is 1.06. The van der Waals surface area contributed by atoms with Gasteiger partial charge in [-0.2, -0.15) is 0 Å². The second-order valence-corrected chi connectivity index (χ2v) is 6.38. The van der Waals surface area contributed by atoms with E-state index in [-0.39, 0.29) is 16.3 Å². The molecule has 0 aliphatic rings. The third kappa shape index (κ3) is 3.84. The topological polar surface area (TPSA) is 46.2 Å². The summed E-state index contributed by atoms with van der Waals surface area (Å²) < 4.78 is 38.7. The van der Waals surface area contributed by atoms with Gasteiger partial charge in [0.15, 0.2) is 0 Å². The summed E-state index contributed by atoms with van der Waals surface area (Å²) >= 11 is 3.32. The van der Waals surface area contributed by atoms with Crippen molar-refractivity contribution in [2.24, 2.45) is 0 Å². The summed E-state index contributed by atoms with van der Waals surface area (Å²) in [5.74, 6) is -0.561. The number of alkyl halides is 1. The Balaban J connectivity index is 2.78. The van der Waals surface area contributed by atoms with Crippen LogP contribution in [0.1, 0.15) is 13.3 Å². The lowest BCUT2D eigenvalue weighted by molar-refractivity contribution is 0.576. The molecule has 1 unspecified atom stereocenters. The Morgan fingerprint density at radius 1 is 1.50 bits per heavy atom. The number of sulfonamides is 1. The van der Waals surface area contributed by atoms with Crippen LogP contribution >= 0.6 is 15.9 Å². The second-order valence-electron chi connectivity index (χ2n) is 3.31. The van der Waals surface area contributed by atoms with Crippen molar-refractivity contribution in [1.82, 2.24) is 4.72 Å². The van der Waals surface area contributed by atoms with Gasteiger partial charge in [0, 0.05) is 11.4 Å². The highest BCUT2D eigenvalue weighted by atomic mass is 79.9. The molecular formula is C10H13BrFNO2S. The minimum absolute atomic E-state index is 0.0525. The summed E-state index contributed by atoms with van der Waals surface area (Å²) in [5, 5.41) is 0. The van der Waals surface area contributed by atoms with Gasteiger partial charge in [-0.1, -0.05) is 28.9 Å². The van der Waals surface area contributed by atoms with Crippen LogP contribution in [0.5, 0.6) is 0 Å². The van der Waals surface area contributed by atoms with E-state index in [0.29, 0.717) is 0 Å². The maximum Gasteiger partial charge on any atom is 0.240 e. The Morgan fingerprint density at radius 2 is 2.19 bits per heavy atom. The highest BCUT2D eigenvalue weighted by Gasteiger charge is 2.15. The summed E-state index contributed by atoms with van der Waals surface area (Å²) in [6, 6.07) is 4.94. The lowest BCUT2D eigenvalue weighted by Gasteiger charge is -2.09. The zero-order valence-corrected chi connectivity index (χ0v) is 11.2. The third-order valence-electron chi connectivity index (χ3n) is 2.04. The van der Waals surface area contributed by atoms with Gasteiger partial charge in [-0.25, -0.2) is 17.5 Å². The van der Waals surface area contributed by atoms with Crippen LogP contribution in [-0.2, 0) is 10.0 Å². The van der Waals surface area contributed by atoms with Crippen LogP contribution < -0.4 is 4.72 Å². The second kappa shape index (κ2) is 5.75. The molecule has 90 valence electrons. The van der Waals surface area contributed by atoms with Crippen molar-refractivity contribution in [3.05, 3.63) is 30.1 Å². The molecule has 0 aromatic heterocycles. The van der Waals surface area contributed by atoms with Gasteiger partial charge in [0.25, 0.3) is 0 Å². The molecule has 0 amide bonds. The van der Waals surface area contributed by atoms with Crippen molar-refractivity contribution in [2.45, 2.75) is 23.1 Å². The minimum Gasteiger partial charge on any atom is -0.210 e. The van der Waals surface area contributed by atoms with Crippen LogP contribution in [-0.4, -0.2) is 19.8 Å². The molecule has 0 heterocycles. The van der Waals surface area contributed by atoms with E-state index in [9.17, 15) is 12.8 Å². The van der Waals surface area contributed by atoms with E-state index in [1.165, 1.54) is 18.2 Å². The number of halogens is 2. The Hall–Kier alpha value is -0.460. The molecule has 6 heteroatoms. The molecule has 0 aliphatic heterocycles. The van der Waals surface area contributed by atoms with Gasteiger partial charge in [0.05, 0.1) is 4.90 Å². The molecule has 0 saturated carbocycles. The summed E-state index contributed by atoms with van der Waals surface area (Å²) in [4.78, 5) is 0.0270. The minimum atomic E-state index is -3.61. The monoisotopic (exact) mass is 309 g/mol. The first-order chi connectivity index (χ1) is 7.45. The van der Waals surface area contributed by atoms with Crippen molar-refractivity contribution in [3.8, 4) is 0 Å². The van der Waals surface area contributed by atoms with E-state index in [2.05, 4.69) is 20.7 Å². The first-order valence-electron chi connectivity index (χ1n) is 4.85. The van der Waals surface area contributed by atoms with E-state index < -0.39 is 15.8 Å². The quantitative estimate of drug-likeness (QED) is 0.848. The van der Waals surface area contributed by atoms with Crippen molar-refractivity contribution in [1.29, 1.82) is 0 Å². The molecule has 16 heavy (non-hydrogen) atoms. The summed E-state index contributed by atoms with van der Waals surface area (Å²) in [5.41, 5.74) is 0. The van der Waals surface area contributed by atoms with Crippen LogP contribution in [0.25, 0.3) is 0 Å². The Bertz CT molecular complexity index is 450. The Morgan fingerprint density at radius 3 is 2.75 bits per heavy atom. The molecule has 0 aliphatic carbocycles. The number of benzene rings is 1. The van der Waals surface area contributed by atoms with E-state index in [0.717, 1.165) is 12.5 Å². The van der Waals surface area contributed by atoms with Gasteiger partial charge in [-0.3, -0.25) is 0 Å². The van der Waals surface area contributed by atoms with Gasteiger partial charge in [-0.05, 0) is 24.6 Å². The molecule has 0 radical (unpaired) electrons. The fourth-order valence-corrected chi connectivity index (χ4v) is 2.55. The van der Waals surface area contributed by atoms with Crippen molar-refractivity contribution >= 4 is 26.0 Å². The lowest BCUT2D eigenvalue weighted by Crippen LogP contribution is -2.29. The molecule has 1 N–H and O–H groups in total. The first kappa shape index (κ1) is 13.6. The average molecular weight is 310 g/mol. The fraction of sp³-hybridized carbons (Fsp3) is 0.400. The van der Waals surface area contributed by atoms with E-state index in [1.54, 1.807) is 0 Å². The summed E-state index contributed by atoms with van der Waals surface area (Å²) in [6.07, 6.45) is 0.811. The van der Waals surface area contributed by atoms with Crippen molar-refractivity contribution < 1.29 is 12.8 Å². The zero-order chi connectivity index (χ0) is 12.2. The molecule has 0 fully saturated rings. The zero-order valence-electron chi connectivity index (χ0n) is 8.78. The predicted molar refractivity (Wildman–Crippen MR) is 64.6 cm³/mol. The van der Waals surface area contributed by atoms with Gasteiger partial charge in [0.1, 0.15) is 5.82 Å². The molecule has 3 nitrogen and oxygen atoms in total. The number of hydrogen-bond acceptors (Lipinski definition) is 2. The molecule has 1 aromatic rings. The highest BCUT2D eigenvalue weighted by molar-refractivity contribution is 9.09. The number of rotatable bonds is 5. The van der Waals surface area contributed by atoms with E-state index >= 15 is 0 Å². The van der Waals surface area contributed by atoms with Crippen molar-refractivity contribution in [2.75, 3.05) is 6.54 Å². The molecule has 0 bridgehead atoms. The predicted octanol–water partition coefficient (Wildman–Crippen LogP) is 2.28. The Kier molecular flexibility index (Phi) is 4.89. The molecule has 0 spiro atoms. The summed E-state index contributed by atoms with van der Waals surface area (Å²) in [6.45, 7) is 2.23. The Labute approximate surface area is 103 Å². The molecule has 0 saturated heterocycles. The highest BCUT2D eigenvalue weighted by Crippen LogP contribution is 2.11. The van der Waals surface area contributed by atoms with Crippen LogP contribution in [0.2, 0.25) is 0 Å². The lowest BCUT2D eigenvalue weighted by atomic mass is 10.3. The standard InChI is InChI=1S/C10H13BrFNO2S/c1-2-8(11)7-13-16(14,15)10-5-3-4-9(12)6-10/h3-6,8,13H,2,7H2,1H3. The van der Waals surface area contributed by atoms with Crippen LogP contribution in [0.3, 0.4) is 0 Å². The SMILES string of the molecule is CCC(Br)CNS(=O)(=O)c1cccc(F)c1. The normalized spacial score (nSPS) is 13.7. The molecule has 1 atom stereocenters. The van der Waals surface area contributed by atoms with Crippen LogP contribution in [0.4, 0.5) is 4.39 Å². The third-order valence-corrected chi connectivity index (χ3v) is 4.44. The van der Waals surface area contributed by atoms with E-state index in [4.69, 9.17) is 0 Å². The molecular weight excluding hydrogens is 297 g/mol. The van der Waals surface area contributed by atoms with Gasteiger partial charge in [-0.15, -0.1) is 0 Å². The van der Waals surface area contributed by atoms with Gasteiger partial charge < -0.3 is 0 Å². The number of nitrogens with one attached hydrogen (secondary N) is 1. The first-order valence-corrected chi connectivity index (χ1v) is 7.25. The van der Waals surface area contributed by atoms with Crippen LogP contribution in [0.15, 0.2) is 29.2 Å². The van der Waals surface area contributed by atoms with Crippen LogP contribution in [0, 0.1) is 5.82 Å². The molecule has 1 rings (SSSR count). The number of hydrogen-bond donors (Lipinski definition) is 1. The van der Waals surface area contributed by atoms with Gasteiger partial charge >= 0.3 is 0 Å².